The van der Waals surface area contributed by atoms with Crippen molar-refractivity contribution >= 4 is 39.2 Å². The van der Waals surface area contributed by atoms with Gasteiger partial charge < -0.3 is 24.7 Å². The maximum atomic E-state index is 12.6. The molecule has 2 saturated carbocycles. The molecule has 1 saturated heterocycles. The third kappa shape index (κ3) is 12.9. The van der Waals surface area contributed by atoms with Gasteiger partial charge in [-0.25, -0.2) is 13.1 Å². The van der Waals surface area contributed by atoms with Crippen molar-refractivity contribution in [3.8, 4) is 11.6 Å². The van der Waals surface area contributed by atoms with Gasteiger partial charge in [-0.2, -0.15) is 18.3 Å². The molecule has 14 nitrogen and oxygen atoms in total. The van der Waals surface area contributed by atoms with Crippen LogP contribution in [0.25, 0.3) is 16.7 Å². The molecule has 56 heavy (non-hydrogen) atoms. The number of ether oxygens (including phenoxy) is 2. The van der Waals surface area contributed by atoms with Gasteiger partial charge in [-0.1, -0.05) is 19.9 Å². The van der Waals surface area contributed by atoms with E-state index in [1.54, 1.807) is 35.6 Å². The van der Waals surface area contributed by atoms with Gasteiger partial charge in [-0.15, -0.1) is 6.58 Å². The van der Waals surface area contributed by atoms with Crippen molar-refractivity contribution in [2.24, 2.45) is 0 Å². The number of amides is 3. The first-order valence-corrected chi connectivity index (χ1v) is 20.3. The minimum atomic E-state index is -4.54. The van der Waals surface area contributed by atoms with Crippen LogP contribution in [0.3, 0.4) is 0 Å². The quantitative estimate of drug-likeness (QED) is 0.110. The number of sulfonamides is 1. The number of benzene rings is 1. The van der Waals surface area contributed by atoms with E-state index < -0.39 is 28.0 Å². The minimum absolute atomic E-state index is 0.00605. The number of hydrogen-bond acceptors (Lipinski definition) is 9. The molecule has 1 aliphatic heterocycles. The number of carbonyl (C=O) groups is 3. The number of unbranched alkanes of at least 4 members (excludes halogenated alkanes) is 2. The van der Waals surface area contributed by atoms with Gasteiger partial charge in [0.05, 0.1) is 17.9 Å². The van der Waals surface area contributed by atoms with E-state index in [0.717, 1.165) is 61.9 Å². The molecule has 1 unspecified atom stereocenters. The van der Waals surface area contributed by atoms with Crippen molar-refractivity contribution in [2.75, 3.05) is 20.3 Å². The lowest BCUT2D eigenvalue weighted by molar-refractivity contribution is -0.147. The molecule has 0 spiro atoms. The number of alkyl halides is 3. The molecule has 3 fully saturated rings. The van der Waals surface area contributed by atoms with Crippen LogP contribution >= 0.6 is 0 Å². The number of hydrogen-bond donors (Lipinski definition) is 3. The Morgan fingerprint density at radius 2 is 1.82 bits per heavy atom. The van der Waals surface area contributed by atoms with Crippen molar-refractivity contribution in [2.45, 2.75) is 115 Å². The Kier molecular flexibility index (Phi) is 17.1. The molecule has 1 aromatic carbocycles. The number of halogens is 3. The number of allylic oxidation sites excluding steroid dienone is 1. The number of aryl methyl sites for hydroxylation is 1. The largest absolute Gasteiger partial charge is 0.496 e. The van der Waals surface area contributed by atoms with Gasteiger partial charge in [0.15, 0.2) is 11.1 Å². The van der Waals surface area contributed by atoms with E-state index in [1.807, 2.05) is 19.9 Å². The molecule has 3 aliphatic rings. The van der Waals surface area contributed by atoms with Crippen LogP contribution in [-0.2, 0) is 35.3 Å². The smallest absolute Gasteiger partial charge is 0.435 e. The summed E-state index contributed by atoms with van der Waals surface area (Å²) in [5, 5.41) is 6.59. The second kappa shape index (κ2) is 21.0. The average molecular weight is 811 g/mol. The van der Waals surface area contributed by atoms with Gasteiger partial charge >= 0.3 is 6.18 Å². The number of rotatable bonds is 14. The summed E-state index contributed by atoms with van der Waals surface area (Å²) in [5.74, 6) is 0.666. The maximum absolute atomic E-state index is 12.6. The van der Waals surface area contributed by atoms with Crippen LogP contribution in [0.5, 0.6) is 5.75 Å². The molecule has 2 aromatic heterocycles. The van der Waals surface area contributed by atoms with Crippen molar-refractivity contribution in [1.29, 1.82) is 0 Å². The number of pyridine rings is 1. The van der Waals surface area contributed by atoms with Crippen molar-refractivity contribution in [3.63, 3.8) is 0 Å². The number of methoxy groups -OCH3 is 1. The van der Waals surface area contributed by atoms with E-state index in [1.165, 1.54) is 13.2 Å². The molecule has 6 rings (SSSR count). The molecule has 0 bridgehead atoms. The zero-order chi connectivity index (χ0) is 41.6. The van der Waals surface area contributed by atoms with Crippen molar-refractivity contribution in [1.82, 2.24) is 29.7 Å². The zero-order valence-corrected chi connectivity index (χ0v) is 33.3. The van der Waals surface area contributed by atoms with E-state index in [2.05, 4.69) is 22.0 Å². The maximum Gasteiger partial charge on any atom is 0.435 e. The second-order valence-electron chi connectivity index (χ2n) is 13.2. The van der Waals surface area contributed by atoms with Crippen molar-refractivity contribution < 1.29 is 45.4 Å². The molecule has 2 aliphatic carbocycles. The Hall–Kier alpha value is -4.71. The van der Waals surface area contributed by atoms with E-state index in [-0.39, 0.29) is 40.8 Å². The SMILES string of the molecule is C=CCCCCO[C@H](C)C(=O)N1CCCC1C(=O)NC1CC1.CC.COc1ccc2c(=O)cc(-n3ccc(C(F)(F)F)n3)[nH]c2c1C.O=CNS(=O)(=O)C1CC1. The molecule has 18 heteroatoms. The van der Waals surface area contributed by atoms with Gasteiger partial charge in [0.1, 0.15) is 23.7 Å². The molecule has 3 aromatic rings. The van der Waals surface area contributed by atoms with Gasteiger partial charge in [0, 0.05) is 42.4 Å². The van der Waals surface area contributed by atoms with Crippen LogP contribution in [-0.4, -0.2) is 90.0 Å². The summed E-state index contributed by atoms with van der Waals surface area (Å²) in [4.78, 5) is 51.2. The fourth-order valence-electron chi connectivity index (χ4n) is 5.70. The summed E-state index contributed by atoms with van der Waals surface area (Å²) >= 11 is 0. The summed E-state index contributed by atoms with van der Waals surface area (Å²) in [7, 11) is -1.76. The van der Waals surface area contributed by atoms with E-state index >= 15 is 0 Å². The van der Waals surface area contributed by atoms with Crippen LogP contribution < -0.4 is 20.2 Å². The lowest BCUT2D eigenvalue weighted by atomic mass is 10.1. The summed E-state index contributed by atoms with van der Waals surface area (Å²) in [6.45, 7) is 12.5. The highest BCUT2D eigenvalue weighted by Gasteiger charge is 2.38. The van der Waals surface area contributed by atoms with Crippen LogP contribution in [0.1, 0.15) is 89.8 Å². The lowest BCUT2D eigenvalue weighted by Gasteiger charge is -2.26. The topological polar surface area (TPSA) is 182 Å². The monoisotopic (exact) mass is 810 g/mol. The molecule has 0 radical (unpaired) electrons. The first-order chi connectivity index (χ1) is 26.6. The Labute approximate surface area is 325 Å². The summed E-state index contributed by atoms with van der Waals surface area (Å²) in [6, 6.07) is 5.36. The molecule has 310 valence electrons. The Morgan fingerprint density at radius 3 is 2.39 bits per heavy atom. The molecule has 2 atom stereocenters. The number of carbonyl (C=O) groups excluding carboxylic acids is 3. The number of likely N-dealkylation sites (tertiary alicyclic amines) is 1. The predicted molar refractivity (Wildman–Crippen MR) is 206 cm³/mol. The number of aromatic amines is 1. The number of H-pyrrole nitrogens is 1. The third-order valence-electron chi connectivity index (χ3n) is 9.00. The number of aromatic nitrogens is 3. The highest BCUT2D eigenvalue weighted by atomic mass is 32.2. The van der Waals surface area contributed by atoms with Gasteiger partial charge in [0.2, 0.25) is 22.3 Å². The molecular formula is C38H53F3N6O8S. The van der Waals surface area contributed by atoms with Crippen LogP contribution in [0.15, 0.2) is 47.9 Å². The molecule has 3 heterocycles. The lowest BCUT2D eigenvalue weighted by Crippen LogP contribution is -2.49. The molecule has 3 amide bonds. The number of nitrogens with one attached hydrogen (secondary N) is 3. The summed E-state index contributed by atoms with van der Waals surface area (Å²) in [5.41, 5.74) is -0.160. The number of nitrogens with zero attached hydrogens (tertiary/aromatic N) is 3. The normalized spacial score (nSPS) is 16.9. The Morgan fingerprint density at radius 1 is 1.12 bits per heavy atom. The third-order valence-corrected chi connectivity index (χ3v) is 10.8. The van der Waals surface area contributed by atoms with E-state index in [9.17, 15) is 40.8 Å². The minimum Gasteiger partial charge on any atom is -0.496 e. The summed E-state index contributed by atoms with van der Waals surface area (Å²) < 4.78 is 72.8. The first-order valence-electron chi connectivity index (χ1n) is 18.7. The fraction of sp³-hybridized carbons (Fsp3) is 0.553. The van der Waals surface area contributed by atoms with Crippen LogP contribution in [0.2, 0.25) is 0 Å². The van der Waals surface area contributed by atoms with Gasteiger partial charge in [-0.3, -0.25) is 23.9 Å². The van der Waals surface area contributed by atoms with Gasteiger partial charge in [-0.05, 0) is 89.8 Å². The van der Waals surface area contributed by atoms with Crippen LogP contribution in [0.4, 0.5) is 13.2 Å². The summed E-state index contributed by atoms with van der Waals surface area (Å²) in [6.07, 6.45) is 6.30. The van der Waals surface area contributed by atoms with Crippen molar-refractivity contribution in [3.05, 3.63) is 64.6 Å². The first kappa shape index (κ1) is 45.7. The van der Waals surface area contributed by atoms with Gasteiger partial charge in [0.25, 0.3) is 5.91 Å². The second-order valence-corrected chi connectivity index (χ2v) is 15.2. The fourth-order valence-corrected chi connectivity index (χ4v) is 6.79. The highest BCUT2D eigenvalue weighted by Crippen LogP contribution is 2.29. The number of fused-ring (bicyclic) bond motifs is 1. The predicted octanol–water partition coefficient (Wildman–Crippen LogP) is 5.32. The van der Waals surface area contributed by atoms with Crippen LogP contribution in [0, 0.1) is 6.92 Å². The zero-order valence-electron chi connectivity index (χ0n) is 32.5. The standard InChI is InChI=1S/C17H28N2O3.C15H12F3N3O2.C4H7NO3S.C2H6/c1-3-4-5-6-12-22-13(2)17(21)19-11-7-8-15(19)16(20)18-14-9-10-14;1-8-11(23-2)4-3-9-10(22)7-13(19-14(8)9)21-6-5-12(20-21)15(16,17)18;6-3-5-9(7,8)4-1-2-4;1-2/h3,13-15H,1,4-12H2,2H3,(H,18,20);3-7H,1-2H3,(H,19,22);3-4H,1-2H2,(H,5,6);1-2H3/t13-,15?;;;/m1.../s1. The molecule has 3 N–H and O–H groups in total. The van der Waals surface area contributed by atoms with E-state index in [0.29, 0.717) is 54.3 Å². The van der Waals surface area contributed by atoms with E-state index in [4.69, 9.17) is 9.47 Å². The molecular weight excluding hydrogens is 758 g/mol. The average Bonchev–Trinajstić information content (AvgIpc) is 4.08. The Bertz CT molecular complexity index is 1960. The highest BCUT2D eigenvalue weighted by molar-refractivity contribution is 7.90. The Balaban J connectivity index is 0.000000238.